The van der Waals surface area contributed by atoms with E-state index in [-0.39, 0.29) is 6.04 Å². The van der Waals surface area contributed by atoms with Crippen molar-refractivity contribution in [2.45, 2.75) is 33.7 Å². The first-order chi connectivity index (χ1) is 9.38. The molecule has 0 spiro atoms. The van der Waals surface area contributed by atoms with Crippen LogP contribution in [0.2, 0.25) is 0 Å². The predicted molar refractivity (Wildman–Crippen MR) is 90.7 cm³/mol. The van der Waals surface area contributed by atoms with E-state index in [0.717, 1.165) is 22.6 Å². The lowest BCUT2D eigenvalue weighted by Gasteiger charge is -2.18. The van der Waals surface area contributed by atoms with Gasteiger partial charge in [0.15, 0.2) is 0 Å². The van der Waals surface area contributed by atoms with Crippen LogP contribution in [0, 0.1) is 20.8 Å². The van der Waals surface area contributed by atoms with E-state index in [4.69, 9.17) is 18.0 Å². The fraction of sp³-hybridized carbons (Fsp3) is 0.333. The van der Waals surface area contributed by atoms with Crippen molar-refractivity contribution in [1.82, 2.24) is 4.98 Å². The summed E-state index contributed by atoms with van der Waals surface area (Å²) in [6.07, 6.45) is 0. The SMILES string of the molecule is Cc1cc(C)c(C(N)=S)c(NC(C)c2ccc(C)s2)n1. The van der Waals surface area contributed by atoms with Crippen molar-refractivity contribution in [2.75, 3.05) is 5.32 Å². The molecule has 0 saturated heterocycles. The molecule has 0 aliphatic carbocycles. The molecule has 5 heteroatoms. The van der Waals surface area contributed by atoms with Crippen LogP contribution >= 0.6 is 23.6 Å². The first-order valence-corrected chi connectivity index (χ1v) is 7.72. The summed E-state index contributed by atoms with van der Waals surface area (Å²) < 4.78 is 0. The minimum atomic E-state index is 0.176. The maximum Gasteiger partial charge on any atom is 0.137 e. The van der Waals surface area contributed by atoms with Crippen LogP contribution in [-0.4, -0.2) is 9.97 Å². The molecule has 0 bridgehead atoms. The molecule has 1 unspecified atom stereocenters. The molecule has 3 nitrogen and oxygen atoms in total. The quantitative estimate of drug-likeness (QED) is 0.842. The monoisotopic (exact) mass is 305 g/mol. The van der Waals surface area contributed by atoms with Gasteiger partial charge in [0.25, 0.3) is 0 Å². The molecule has 0 saturated carbocycles. The summed E-state index contributed by atoms with van der Waals surface area (Å²) >= 11 is 6.94. The van der Waals surface area contributed by atoms with Gasteiger partial charge in [0.2, 0.25) is 0 Å². The topological polar surface area (TPSA) is 50.9 Å². The Labute approximate surface area is 129 Å². The summed E-state index contributed by atoms with van der Waals surface area (Å²) in [7, 11) is 0. The number of thiocarbonyl (C=S) groups is 1. The van der Waals surface area contributed by atoms with Crippen LogP contribution in [0.4, 0.5) is 5.82 Å². The average Bonchev–Trinajstić information content (AvgIpc) is 2.74. The molecule has 0 aliphatic heterocycles. The molecule has 0 fully saturated rings. The summed E-state index contributed by atoms with van der Waals surface area (Å²) in [5.41, 5.74) is 8.69. The number of aromatic nitrogens is 1. The Hall–Kier alpha value is -1.46. The van der Waals surface area contributed by atoms with Gasteiger partial charge in [0.1, 0.15) is 10.8 Å². The molecule has 0 aliphatic rings. The maximum atomic E-state index is 5.84. The Kier molecular flexibility index (Phi) is 4.40. The van der Waals surface area contributed by atoms with Gasteiger partial charge in [0, 0.05) is 15.4 Å². The number of thiophene rings is 1. The number of aryl methyl sites for hydroxylation is 3. The first-order valence-electron chi connectivity index (χ1n) is 6.49. The second kappa shape index (κ2) is 5.89. The zero-order valence-electron chi connectivity index (χ0n) is 12.2. The Morgan fingerprint density at radius 2 is 2.05 bits per heavy atom. The van der Waals surface area contributed by atoms with Crippen molar-refractivity contribution in [3.8, 4) is 0 Å². The molecule has 2 aromatic rings. The Bertz CT molecular complexity index is 647. The summed E-state index contributed by atoms with van der Waals surface area (Å²) in [6, 6.07) is 6.44. The molecule has 2 heterocycles. The highest BCUT2D eigenvalue weighted by molar-refractivity contribution is 7.80. The molecule has 106 valence electrons. The minimum Gasteiger partial charge on any atom is -0.389 e. The average molecular weight is 305 g/mol. The number of nitrogens with two attached hydrogens (primary N) is 1. The zero-order valence-corrected chi connectivity index (χ0v) is 13.8. The lowest BCUT2D eigenvalue weighted by molar-refractivity contribution is 0.891. The highest BCUT2D eigenvalue weighted by atomic mass is 32.1. The smallest absolute Gasteiger partial charge is 0.137 e. The van der Waals surface area contributed by atoms with E-state index >= 15 is 0 Å². The molecule has 2 aromatic heterocycles. The normalized spacial score (nSPS) is 12.2. The first kappa shape index (κ1) is 14.9. The lowest BCUT2D eigenvalue weighted by atomic mass is 10.1. The van der Waals surface area contributed by atoms with Crippen LogP contribution in [0.25, 0.3) is 0 Å². The summed E-state index contributed by atoms with van der Waals surface area (Å²) in [6.45, 7) is 8.21. The van der Waals surface area contributed by atoms with Gasteiger partial charge in [0.05, 0.1) is 11.6 Å². The van der Waals surface area contributed by atoms with Gasteiger partial charge in [-0.05, 0) is 51.5 Å². The summed E-state index contributed by atoms with van der Waals surface area (Å²) in [5.74, 6) is 0.772. The Morgan fingerprint density at radius 1 is 1.35 bits per heavy atom. The van der Waals surface area contributed by atoms with E-state index in [0.29, 0.717) is 4.99 Å². The fourth-order valence-corrected chi connectivity index (χ4v) is 3.35. The third-order valence-corrected chi connectivity index (χ3v) is 4.52. The second-order valence-electron chi connectivity index (χ2n) is 4.98. The number of rotatable bonds is 4. The molecular formula is C15H19N3S2. The van der Waals surface area contributed by atoms with Gasteiger partial charge in [-0.3, -0.25) is 0 Å². The van der Waals surface area contributed by atoms with Gasteiger partial charge < -0.3 is 11.1 Å². The number of hydrogen-bond donors (Lipinski definition) is 2. The molecule has 20 heavy (non-hydrogen) atoms. The van der Waals surface area contributed by atoms with E-state index in [1.165, 1.54) is 9.75 Å². The number of nitrogens with zero attached hydrogens (tertiary/aromatic N) is 1. The molecule has 0 radical (unpaired) electrons. The van der Waals surface area contributed by atoms with Crippen molar-refractivity contribution < 1.29 is 0 Å². The van der Waals surface area contributed by atoms with Crippen LogP contribution in [0.15, 0.2) is 18.2 Å². The van der Waals surface area contributed by atoms with Crippen molar-refractivity contribution in [1.29, 1.82) is 0 Å². The van der Waals surface area contributed by atoms with Gasteiger partial charge in [-0.2, -0.15) is 0 Å². The molecule has 3 N–H and O–H groups in total. The van der Waals surface area contributed by atoms with Crippen molar-refractivity contribution in [2.24, 2.45) is 5.73 Å². The largest absolute Gasteiger partial charge is 0.389 e. The van der Waals surface area contributed by atoms with Crippen LogP contribution in [0.1, 0.15) is 39.5 Å². The summed E-state index contributed by atoms with van der Waals surface area (Å²) in [5, 5.41) is 3.43. The van der Waals surface area contributed by atoms with Gasteiger partial charge in [-0.15, -0.1) is 11.3 Å². The van der Waals surface area contributed by atoms with E-state index in [2.05, 4.69) is 36.3 Å². The number of hydrogen-bond acceptors (Lipinski definition) is 4. The Balaban J connectivity index is 2.35. The molecule has 0 aromatic carbocycles. The van der Waals surface area contributed by atoms with Gasteiger partial charge >= 0.3 is 0 Å². The lowest BCUT2D eigenvalue weighted by Crippen LogP contribution is -2.18. The minimum absolute atomic E-state index is 0.176. The highest BCUT2D eigenvalue weighted by Crippen LogP contribution is 2.27. The van der Waals surface area contributed by atoms with Gasteiger partial charge in [-0.1, -0.05) is 12.2 Å². The Morgan fingerprint density at radius 3 is 2.60 bits per heavy atom. The van der Waals surface area contributed by atoms with Crippen molar-refractivity contribution >= 4 is 34.4 Å². The third-order valence-electron chi connectivity index (χ3n) is 3.13. The van der Waals surface area contributed by atoms with Crippen LogP contribution in [-0.2, 0) is 0 Å². The van der Waals surface area contributed by atoms with Crippen molar-refractivity contribution in [3.63, 3.8) is 0 Å². The van der Waals surface area contributed by atoms with Gasteiger partial charge in [-0.25, -0.2) is 4.98 Å². The predicted octanol–water partition coefficient (Wildman–Crippen LogP) is 3.88. The molecule has 0 amide bonds. The zero-order chi connectivity index (χ0) is 14.9. The molecular weight excluding hydrogens is 286 g/mol. The van der Waals surface area contributed by atoms with E-state index in [9.17, 15) is 0 Å². The maximum absolute atomic E-state index is 5.84. The second-order valence-corrected chi connectivity index (χ2v) is 6.74. The standard InChI is InChI=1S/C15H19N3S2/c1-8-7-9(2)17-15(13(8)14(16)19)18-11(4)12-6-5-10(3)20-12/h5-7,11H,1-4H3,(H2,16,19)(H,17,18). The number of nitrogens with one attached hydrogen (secondary N) is 1. The van der Waals surface area contributed by atoms with Crippen LogP contribution < -0.4 is 11.1 Å². The van der Waals surface area contributed by atoms with Crippen LogP contribution in [0.3, 0.4) is 0 Å². The molecule has 2 rings (SSSR count). The van der Waals surface area contributed by atoms with Crippen LogP contribution in [0.5, 0.6) is 0 Å². The number of anilines is 1. The summed E-state index contributed by atoms with van der Waals surface area (Å²) in [4.78, 5) is 7.51. The third kappa shape index (κ3) is 3.16. The van der Waals surface area contributed by atoms with E-state index < -0.39 is 0 Å². The van der Waals surface area contributed by atoms with Crippen molar-refractivity contribution in [3.05, 3.63) is 44.8 Å². The number of pyridine rings is 1. The molecule has 1 atom stereocenters. The van der Waals surface area contributed by atoms with E-state index in [1.54, 1.807) is 11.3 Å². The highest BCUT2D eigenvalue weighted by Gasteiger charge is 2.15. The van der Waals surface area contributed by atoms with E-state index in [1.807, 2.05) is 19.9 Å². The fourth-order valence-electron chi connectivity index (χ4n) is 2.21.